The lowest BCUT2D eigenvalue weighted by molar-refractivity contribution is 0.0674. The molecular weight excluding hydrogens is 510 g/mol. The molecule has 1 aromatic carbocycles. The molecule has 7 nitrogen and oxygen atoms in total. The largest absolute Gasteiger partial charge is 0.473 e. The molecule has 0 bridgehead atoms. The quantitative estimate of drug-likeness (QED) is 0.422. The van der Waals surface area contributed by atoms with E-state index in [0.29, 0.717) is 30.8 Å². The number of halogens is 5. The molecule has 0 saturated carbocycles. The third-order valence-corrected chi connectivity index (χ3v) is 6.83. The number of hydrogen-bond donors (Lipinski definition) is 1. The molecule has 0 aliphatic carbocycles. The summed E-state index contributed by atoms with van der Waals surface area (Å²) < 4.78 is 60.3. The third kappa shape index (κ3) is 6.06. The van der Waals surface area contributed by atoms with Gasteiger partial charge >= 0.3 is 0 Å². The first kappa shape index (κ1) is 25.3. The molecule has 4 rings (SSSR count). The molecule has 1 aliphatic rings. The van der Waals surface area contributed by atoms with Gasteiger partial charge in [0.05, 0.1) is 39.4 Å². The predicted molar refractivity (Wildman–Crippen MR) is 121 cm³/mol. The fourth-order valence-corrected chi connectivity index (χ4v) is 5.10. The van der Waals surface area contributed by atoms with Gasteiger partial charge in [-0.1, -0.05) is 17.7 Å². The third-order valence-electron chi connectivity index (χ3n) is 5.57. The minimum absolute atomic E-state index is 0.0523. The van der Waals surface area contributed by atoms with Gasteiger partial charge in [-0.15, -0.1) is 11.3 Å². The van der Waals surface area contributed by atoms with E-state index in [1.54, 1.807) is 0 Å². The summed E-state index contributed by atoms with van der Waals surface area (Å²) in [5.41, 5.74) is 0.666. The molecule has 0 spiro atoms. The van der Waals surface area contributed by atoms with Crippen LogP contribution in [-0.4, -0.2) is 51.5 Å². The Morgan fingerprint density at radius 3 is 2.71 bits per heavy atom. The van der Waals surface area contributed by atoms with Crippen molar-refractivity contribution in [3.8, 4) is 5.88 Å². The molecule has 1 amide bonds. The lowest BCUT2D eigenvalue weighted by atomic mass is 10.0. The summed E-state index contributed by atoms with van der Waals surface area (Å²) in [7, 11) is 0. The molecule has 1 fully saturated rings. The van der Waals surface area contributed by atoms with E-state index >= 15 is 0 Å². The highest BCUT2D eigenvalue weighted by Gasteiger charge is 2.32. The molecule has 1 saturated heterocycles. The molecule has 1 atom stereocenters. The Kier molecular flexibility index (Phi) is 8.14. The van der Waals surface area contributed by atoms with Crippen LogP contribution < -0.4 is 10.1 Å². The van der Waals surface area contributed by atoms with Gasteiger partial charge in [0, 0.05) is 19.6 Å². The molecule has 186 valence electrons. The van der Waals surface area contributed by atoms with Crippen molar-refractivity contribution in [2.75, 3.05) is 19.6 Å². The molecule has 1 aliphatic heterocycles. The Bertz CT molecular complexity index is 1160. The SMILES string of the molecule is O=C(NCC(c1scnc1C(F)F)N1CCC(Oc2cncc(F)n2)CC1)c1c(F)cccc1Cl. The molecule has 3 heterocycles. The zero-order valence-electron chi connectivity index (χ0n) is 18.1. The van der Waals surface area contributed by atoms with Gasteiger partial charge in [0.2, 0.25) is 11.8 Å². The van der Waals surface area contributed by atoms with Crippen LogP contribution in [0.15, 0.2) is 36.1 Å². The molecule has 1 unspecified atom stereocenters. The normalized spacial score (nSPS) is 15.8. The van der Waals surface area contributed by atoms with Crippen molar-refractivity contribution in [1.29, 1.82) is 0 Å². The van der Waals surface area contributed by atoms with Gasteiger partial charge in [0.25, 0.3) is 12.3 Å². The van der Waals surface area contributed by atoms with E-state index in [-0.39, 0.29) is 34.8 Å². The highest BCUT2D eigenvalue weighted by molar-refractivity contribution is 7.09. The van der Waals surface area contributed by atoms with Crippen LogP contribution in [0.2, 0.25) is 5.02 Å². The van der Waals surface area contributed by atoms with E-state index in [4.69, 9.17) is 16.3 Å². The van der Waals surface area contributed by atoms with Gasteiger partial charge in [-0.05, 0) is 25.0 Å². The smallest absolute Gasteiger partial charge is 0.281 e. The number of alkyl halides is 2. The molecule has 1 N–H and O–H groups in total. The summed E-state index contributed by atoms with van der Waals surface area (Å²) in [5, 5.41) is 2.58. The average Bonchev–Trinajstić information content (AvgIpc) is 3.30. The summed E-state index contributed by atoms with van der Waals surface area (Å²) in [5.74, 6) is -2.22. The summed E-state index contributed by atoms with van der Waals surface area (Å²) in [6, 6.07) is 3.26. The monoisotopic (exact) mass is 529 g/mol. The Hall–Kier alpha value is -2.83. The standard InChI is InChI=1S/C22H20ClF4N5O2S/c23-13-2-1-3-14(24)18(13)22(33)29-8-15(20-19(21(26)27)30-11-35-20)32-6-4-12(5-7-32)34-17-10-28-9-16(25)31-17/h1-3,9-12,15,21H,4-8H2,(H,29,33). The van der Waals surface area contributed by atoms with E-state index in [2.05, 4.69) is 20.3 Å². The first-order chi connectivity index (χ1) is 16.8. The zero-order chi connectivity index (χ0) is 24.9. The van der Waals surface area contributed by atoms with E-state index in [9.17, 15) is 22.4 Å². The number of nitrogens with one attached hydrogen (secondary N) is 1. The Morgan fingerprint density at radius 2 is 2.03 bits per heavy atom. The number of amides is 1. The number of rotatable bonds is 8. The number of aromatic nitrogens is 3. The number of nitrogens with zero attached hydrogens (tertiary/aromatic N) is 4. The first-order valence-corrected chi connectivity index (χ1v) is 11.9. The molecule has 13 heteroatoms. The maximum absolute atomic E-state index is 14.2. The maximum Gasteiger partial charge on any atom is 0.281 e. The molecule has 2 aromatic heterocycles. The van der Waals surface area contributed by atoms with Crippen LogP contribution >= 0.6 is 22.9 Å². The number of ether oxygens (including phenoxy) is 1. The first-order valence-electron chi connectivity index (χ1n) is 10.7. The number of likely N-dealkylation sites (tertiary alicyclic amines) is 1. The summed E-state index contributed by atoms with van der Waals surface area (Å²) in [6.07, 6.45) is 0.232. The van der Waals surface area contributed by atoms with Crippen LogP contribution in [-0.2, 0) is 0 Å². The van der Waals surface area contributed by atoms with E-state index in [1.807, 2.05) is 4.90 Å². The Balaban J connectivity index is 1.47. The summed E-state index contributed by atoms with van der Waals surface area (Å²) in [4.78, 5) is 26.1. The van der Waals surface area contributed by atoms with Gasteiger partial charge in [-0.25, -0.2) is 18.2 Å². The van der Waals surface area contributed by atoms with Crippen molar-refractivity contribution >= 4 is 28.8 Å². The fourth-order valence-electron chi connectivity index (χ4n) is 3.92. The number of benzene rings is 1. The van der Waals surface area contributed by atoms with E-state index in [0.717, 1.165) is 23.6 Å². The molecule has 0 radical (unpaired) electrons. The molecular formula is C22H20ClF4N5O2S. The topological polar surface area (TPSA) is 80.2 Å². The van der Waals surface area contributed by atoms with Crippen molar-refractivity contribution in [3.05, 3.63) is 69.0 Å². The van der Waals surface area contributed by atoms with Gasteiger partial charge < -0.3 is 10.1 Å². The van der Waals surface area contributed by atoms with Crippen LogP contribution in [0.3, 0.4) is 0 Å². The van der Waals surface area contributed by atoms with Gasteiger partial charge in [0.15, 0.2) is 0 Å². The average molecular weight is 530 g/mol. The van der Waals surface area contributed by atoms with Crippen LogP contribution in [0.25, 0.3) is 0 Å². The number of piperidine rings is 1. The number of carbonyl (C=O) groups is 1. The van der Waals surface area contributed by atoms with Gasteiger partial charge in [0.1, 0.15) is 17.6 Å². The van der Waals surface area contributed by atoms with Crippen LogP contribution in [0.1, 0.15) is 46.2 Å². The minimum Gasteiger partial charge on any atom is -0.473 e. The van der Waals surface area contributed by atoms with Crippen molar-refractivity contribution < 1.29 is 27.1 Å². The van der Waals surface area contributed by atoms with Crippen molar-refractivity contribution in [2.24, 2.45) is 0 Å². The van der Waals surface area contributed by atoms with Crippen molar-refractivity contribution in [1.82, 2.24) is 25.2 Å². The summed E-state index contributed by atoms with van der Waals surface area (Å²) >= 11 is 7.04. The number of thiazole rings is 1. The lowest BCUT2D eigenvalue weighted by Gasteiger charge is -2.37. The zero-order valence-corrected chi connectivity index (χ0v) is 19.7. The van der Waals surface area contributed by atoms with E-state index < -0.39 is 30.1 Å². The molecule has 35 heavy (non-hydrogen) atoms. The van der Waals surface area contributed by atoms with Crippen LogP contribution in [0.4, 0.5) is 17.6 Å². The maximum atomic E-state index is 14.2. The number of hydrogen-bond acceptors (Lipinski definition) is 7. The number of carbonyl (C=O) groups excluding carboxylic acids is 1. The van der Waals surface area contributed by atoms with E-state index in [1.165, 1.54) is 23.8 Å². The predicted octanol–water partition coefficient (Wildman–Crippen LogP) is 4.82. The lowest BCUT2D eigenvalue weighted by Crippen LogP contribution is -2.44. The van der Waals surface area contributed by atoms with Crippen LogP contribution in [0.5, 0.6) is 5.88 Å². The van der Waals surface area contributed by atoms with Gasteiger partial charge in [-0.3, -0.25) is 14.7 Å². The van der Waals surface area contributed by atoms with Crippen LogP contribution in [0, 0.1) is 11.8 Å². The summed E-state index contributed by atoms with van der Waals surface area (Å²) in [6.45, 7) is 0.816. The Morgan fingerprint density at radius 1 is 1.26 bits per heavy atom. The second kappa shape index (κ2) is 11.3. The fraction of sp³-hybridized carbons (Fsp3) is 0.364. The highest BCUT2D eigenvalue weighted by Crippen LogP contribution is 2.34. The highest BCUT2D eigenvalue weighted by atomic mass is 35.5. The molecule has 3 aromatic rings. The van der Waals surface area contributed by atoms with Crippen molar-refractivity contribution in [2.45, 2.75) is 31.4 Å². The Labute approximate surface area is 207 Å². The van der Waals surface area contributed by atoms with Crippen molar-refractivity contribution in [3.63, 3.8) is 0 Å². The minimum atomic E-state index is -2.79. The van der Waals surface area contributed by atoms with Gasteiger partial charge in [-0.2, -0.15) is 9.37 Å². The second-order valence-corrected chi connectivity index (χ2v) is 9.05. The second-order valence-electron chi connectivity index (χ2n) is 7.76.